The first-order chi connectivity index (χ1) is 6.15. The van der Waals surface area contributed by atoms with Crippen LogP contribution in [0, 0.1) is 17.0 Å². The number of hydrogen-bond acceptors (Lipinski definition) is 4. The molecular weight excluding hydrogens is 172 g/mol. The summed E-state index contributed by atoms with van der Waals surface area (Å²) in [6.07, 6.45) is 1.21. The lowest BCUT2D eigenvalue weighted by Gasteiger charge is -2.03. The fraction of sp³-hybridized carbons (Fsp3) is 0.375. The SMILES string of the molecule is CCOc1cc(C)ncc1[N+](=O)[O-]. The van der Waals surface area contributed by atoms with Crippen molar-refractivity contribution in [1.82, 2.24) is 4.98 Å². The predicted octanol–water partition coefficient (Wildman–Crippen LogP) is 1.70. The van der Waals surface area contributed by atoms with Crippen LogP contribution in [0.3, 0.4) is 0 Å². The predicted molar refractivity (Wildman–Crippen MR) is 46.8 cm³/mol. The molecule has 0 fully saturated rings. The van der Waals surface area contributed by atoms with Crippen molar-refractivity contribution >= 4 is 5.69 Å². The van der Waals surface area contributed by atoms with Crippen LogP contribution in [0.2, 0.25) is 0 Å². The van der Waals surface area contributed by atoms with Crippen LogP contribution in [0.5, 0.6) is 5.75 Å². The zero-order valence-electron chi connectivity index (χ0n) is 7.48. The molecule has 0 saturated heterocycles. The molecule has 0 amide bonds. The highest BCUT2D eigenvalue weighted by atomic mass is 16.6. The van der Waals surface area contributed by atoms with Gasteiger partial charge >= 0.3 is 5.69 Å². The number of nitro groups is 1. The number of ether oxygens (including phenoxy) is 1. The van der Waals surface area contributed by atoms with E-state index in [9.17, 15) is 10.1 Å². The van der Waals surface area contributed by atoms with Gasteiger partial charge in [0.2, 0.25) is 5.75 Å². The molecule has 5 heteroatoms. The van der Waals surface area contributed by atoms with Crippen LogP contribution >= 0.6 is 0 Å². The molecule has 0 aromatic carbocycles. The molecule has 1 aromatic rings. The van der Waals surface area contributed by atoms with Gasteiger partial charge < -0.3 is 4.74 Å². The molecule has 0 radical (unpaired) electrons. The summed E-state index contributed by atoms with van der Waals surface area (Å²) in [5, 5.41) is 10.5. The van der Waals surface area contributed by atoms with Crippen molar-refractivity contribution in [3.05, 3.63) is 28.1 Å². The molecule has 0 saturated carbocycles. The Balaban J connectivity index is 3.10. The minimum atomic E-state index is -0.503. The number of hydrogen-bond donors (Lipinski definition) is 0. The number of pyridine rings is 1. The van der Waals surface area contributed by atoms with Gasteiger partial charge in [-0.2, -0.15) is 0 Å². The minimum absolute atomic E-state index is 0.0903. The monoisotopic (exact) mass is 182 g/mol. The van der Waals surface area contributed by atoms with Crippen LogP contribution in [0.1, 0.15) is 12.6 Å². The van der Waals surface area contributed by atoms with Crippen LogP contribution in [0.4, 0.5) is 5.69 Å². The fourth-order valence-electron chi connectivity index (χ4n) is 0.936. The quantitative estimate of drug-likeness (QED) is 0.527. The second-order valence-electron chi connectivity index (χ2n) is 2.48. The van der Waals surface area contributed by atoms with Crippen LogP contribution in [0.15, 0.2) is 12.3 Å². The van der Waals surface area contributed by atoms with E-state index in [1.54, 1.807) is 19.9 Å². The Morgan fingerprint density at radius 2 is 2.38 bits per heavy atom. The summed E-state index contributed by atoms with van der Waals surface area (Å²) in [6.45, 7) is 3.94. The Morgan fingerprint density at radius 3 is 2.92 bits per heavy atom. The smallest absolute Gasteiger partial charge is 0.329 e. The first-order valence-electron chi connectivity index (χ1n) is 3.89. The summed E-state index contributed by atoms with van der Waals surface area (Å²) < 4.78 is 5.10. The molecule has 1 heterocycles. The number of aryl methyl sites for hydroxylation is 1. The Kier molecular flexibility index (Phi) is 2.79. The molecule has 0 bridgehead atoms. The third kappa shape index (κ3) is 2.14. The van der Waals surface area contributed by atoms with E-state index in [0.717, 1.165) is 0 Å². The first kappa shape index (κ1) is 9.44. The van der Waals surface area contributed by atoms with Crippen molar-refractivity contribution in [2.75, 3.05) is 6.61 Å². The van der Waals surface area contributed by atoms with Gasteiger partial charge in [0.1, 0.15) is 6.20 Å². The maximum absolute atomic E-state index is 10.5. The molecule has 0 unspecified atom stereocenters. The van der Waals surface area contributed by atoms with Crippen molar-refractivity contribution in [3.63, 3.8) is 0 Å². The molecule has 0 N–H and O–H groups in total. The van der Waals surface area contributed by atoms with Crippen molar-refractivity contribution < 1.29 is 9.66 Å². The van der Waals surface area contributed by atoms with Gasteiger partial charge in [0, 0.05) is 11.8 Å². The summed E-state index contributed by atoms with van der Waals surface area (Å²) in [7, 11) is 0. The topological polar surface area (TPSA) is 65.3 Å². The molecule has 0 atom stereocenters. The first-order valence-corrected chi connectivity index (χ1v) is 3.89. The van der Waals surface area contributed by atoms with Crippen LogP contribution in [-0.4, -0.2) is 16.5 Å². The summed E-state index contributed by atoms with van der Waals surface area (Å²) in [5.41, 5.74) is 0.613. The molecule has 5 nitrogen and oxygen atoms in total. The van der Waals surface area contributed by atoms with E-state index in [0.29, 0.717) is 12.3 Å². The van der Waals surface area contributed by atoms with E-state index in [1.807, 2.05) is 0 Å². The van der Waals surface area contributed by atoms with Crippen molar-refractivity contribution in [1.29, 1.82) is 0 Å². The number of rotatable bonds is 3. The molecule has 70 valence electrons. The fourth-order valence-corrected chi connectivity index (χ4v) is 0.936. The van der Waals surface area contributed by atoms with Crippen molar-refractivity contribution in [2.45, 2.75) is 13.8 Å². The Hall–Kier alpha value is -1.65. The molecule has 0 spiro atoms. The third-order valence-electron chi connectivity index (χ3n) is 1.48. The van der Waals surface area contributed by atoms with Crippen molar-refractivity contribution in [3.8, 4) is 5.75 Å². The van der Waals surface area contributed by atoms with Gasteiger partial charge in [-0.15, -0.1) is 0 Å². The lowest BCUT2D eigenvalue weighted by molar-refractivity contribution is -0.386. The Morgan fingerprint density at radius 1 is 1.69 bits per heavy atom. The minimum Gasteiger partial charge on any atom is -0.487 e. The molecular formula is C8H10N2O3. The largest absolute Gasteiger partial charge is 0.487 e. The highest BCUT2D eigenvalue weighted by molar-refractivity contribution is 5.44. The molecule has 0 aliphatic rings. The highest BCUT2D eigenvalue weighted by Crippen LogP contribution is 2.25. The van der Waals surface area contributed by atoms with Crippen LogP contribution < -0.4 is 4.74 Å². The molecule has 1 aromatic heterocycles. The highest BCUT2D eigenvalue weighted by Gasteiger charge is 2.14. The van der Waals surface area contributed by atoms with E-state index in [1.165, 1.54) is 6.20 Å². The Labute approximate surface area is 75.5 Å². The van der Waals surface area contributed by atoms with Gasteiger partial charge in [0.15, 0.2) is 0 Å². The summed E-state index contributed by atoms with van der Waals surface area (Å²) in [6, 6.07) is 1.56. The Bertz CT molecular complexity index is 325. The summed E-state index contributed by atoms with van der Waals surface area (Å²) >= 11 is 0. The summed E-state index contributed by atoms with van der Waals surface area (Å²) in [4.78, 5) is 13.8. The number of nitrogens with zero attached hydrogens (tertiary/aromatic N) is 2. The molecule has 1 rings (SSSR count). The average Bonchev–Trinajstić information content (AvgIpc) is 2.04. The zero-order chi connectivity index (χ0) is 9.84. The third-order valence-corrected chi connectivity index (χ3v) is 1.48. The van der Waals surface area contributed by atoms with Gasteiger partial charge in [-0.3, -0.25) is 15.1 Å². The van der Waals surface area contributed by atoms with Gasteiger partial charge in [0.05, 0.1) is 11.5 Å². The molecule has 13 heavy (non-hydrogen) atoms. The maximum atomic E-state index is 10.5. The lowest BCUT2D eigenvalue weighted by Crippen LogP contribution is -1.98. The van der Waals surface area contributed by atoms with E-state index < -0.39 is 4.92 Å². The van der Waals surface area contributed by atoms with E-state index >= 15 is 0 Å². The van der Waals surface area contributed by atoms with Gasteiger partial charge in [-0.25, -0.2) is 0 Å². The van der Waals surface area contributed by atoms with Gasteiger partial charge in [0.25, 0.3) is 0 Å². The van der Waals surface area contributed by atoms with Crippen molar-refractivity contribution in [2.24, 2.45) is 0 Å². The maximum Gasteiger partial charge on any atom is 0.329 e. The van der Waals surface area contributed by atoms with E-state index in [2.05, 4.69) is 4.98 Å². The standard InChI is InChI=1S/C8H10N2O3/c1-3-13-8-4-6(2)9-5-7(8)10(11)12/h4-5H,3H2,1-2H3. The molecule has 0 aliphatic carbocycles. The van der Waals surface area contributed by atoms with Crippen LogP contribution in [0.25, 0.3) is 0 Å². The van der Waals surface area contributed by atoms with Gasteiger partial charge in [-0.05, 0) is 13.8 Å². The second-order valence-corrected chi connectivity index (χ2v) is 2.48. The van der Waals surface area contributed by atoms with E-state index in [-0.39, 0.29) is 11.4 Å². The molecule has 0 aliphatic heterocycles. The number of aromatic nitrogens is 1. The van der Waals surface area contributed by atoms with E-state index in [4.69, 9.17) is 4.74 Å². The van der Waals surface area contributed by atoms with Gasteiger partial charge in [-0.1, -0.05) is 0 Å². The normalized spacial score (nSPS) is 9.69. The zero-order valence-corrected chi connectivity index (χ0v) is 7.48. The average molecular weight is 182 g/mol. The second kappa shape index (κ2) is 3.84. The summed E-state index contributed by atoms with van der Waals surface area (Å²) in [5.74, 6) is 0.278. The lowest BCUT2D eigenvalue weighted by atomic mass is 10.3. The van der Waals surface area contributed by atoms with Crippen LogP contribution in [-0.2, 0) is 0 Å².